The van der Waals surface area contributed by atoms with E-state index in [0.717, 1.165) is 12.8 Å². The van der Waals surface area contributed by atoms with Gasteiger partial charge in [0.1, 0.15) is 5.56 Å². The fourth-order valence-corrected chi connectivity index (χ4v) is 10.5. The van der Waals surface area contributed by atoms with Gasteiger partial charge in [-0.05, 0) is 35.9 Å². The number of methoxy groups -OCH3 is 1. The highest BCUT2D eigenvalue weighted by Crippen LogP contribution is 2.46. The van der Waals surface area contributed by atoms with Crippen molar-refractivity contribution < 1.29 is 24.0 Å². The van der Waals surface area contributed by atoms with Crippen LogP contribution in [0.2, 0.25) is 16.6 Å². The first-order valence-corrected chi connectivity index (χ1v) is 13.6. The number of amides is 1. The molecule has 0 saturated carbocycles. The maximum Gasteiger partial charge on any atom is 0.286 e. The van der Waals surface area contributed by atoms with Gasteiger partial charge in [0, 0.05) is 12.6 Å². The number of aliphatic hydroxyl groups excluding tert-OH is 1. The van der Waals surface area contributed by atoms with E-state index in [0.29, 0.717) is 24.5 Å². The molecule has 1 amide bonds. The Morgan fingerprint density at radius 2 is 1.75 bits per heavy atom. The highest BCUT2D eigenvalue weighted by Gasteiger charge is 2.48. The van der Waals surface area contributed by atoms with Gasteiger partial charge in [-0.2, -0.15) is 0 Å². The monoisotopic (exact) mass is 466 g/mol. The fourth-order valence-electron chi connectivity index (χ4n) is 5.27. The predicted octanol–water partition coefficient (Wildman–Crippen LogP) is 5.14. The van der Waals surface area contributed by atoms with E-state index >= 15 is 0 Å². The van der Waals surface area contributed by atoms with E-state index in [4.69, 9.17) is 9.16 Å². The maximum absolute atomic E-state index is 13.3. The van der Waals surface area contributed by atoms with Crippen molar-refractivity contribution in [3.8, 4) is 11.5 Å². The molecular weight excluding hydrogens is 428 g/mol. The highest BCUT2D eigenvalue weighted by atomic mass is 28.4. The molecule has 1 aliphatic rings. The van der Waals surface area contributed by atoms with Gasteiger partial charge in [0.25, 0.3) is 19.9 Å². The lowest BCUT2D eigenvalue weighted by Gasteiger charge is -2.42. The predicted molar refractivity (Wildman–Crippen MR) is 127 cm³/mol. The first-order chi connectivity index (χ1) is 15.0. The van der Waals surface area contributed by atoms with Crippen molar-refractivity contribution in [1.29, 1.82) is 0 Å². The summed E-state index contributed by atoms with van der Waals surface area (Å²) in [4.78, 5) is 26.3. The number of hydrogen-bond donors (Lipinski definition) is 1. The third kappa shape index (κ3) is 4.93. The summed E-state index contributed by atoms with van der Waals surface area (Å²) in [7, 11) is -0.923. The molecule has 180 valence electrons. The summed E-state index contributed by atoms with van der Waals surface area (Å²) >= 11 is 0. The summed E-state index contributed by atoms with van der Waals surface area (Å²) in [6.45, 7) is 13.1. The van der Waals surface area contributed by atoms with Crippen LogP contribution in [-0.2, 0) is 0 Å². The molecule has 1 aromatic carbocycles. The van der Waals surface area contributed by atoms with Gasteiger partial charge in [0.2, 0.25) is 0 Å². The minimum Gasteiger partial charge on any atom is -0.540 e. The van der Waals surface area contributed by atoms with Gasteiger partial charge in [-0.15, -0.1) is 0 Å². The molecule has 8 nitrogen and oxygen atoms in total. The van der Waals surface area contributed by atoms with E-state index in [9.17, 15) is 20.0 Å². The van der Waals surface area contributed by atoms with Crippen LogP contribution in [0.25, 0.3) is 0 Å². The number of piperidine rings is 1. The van der Waals surface area contributed by atoms with Crippen molar-refractivity contribution in [2.75, 3.05) is 20.3 Å². The molecule has 1 saturated heterocycles. The maximum atomic E-state index is 13.3. The molecule has 1 aliphatic heterocycles. The Kier molecular flexibility index (Phi) is 8.70. The molecule has 9 heteroatoms. The lowest BCUT2D eigenvalue weighted by atomic mass is 10.0. The van der Waals surface area contributed by atoms with E-state index in [1.807, 2.05) is 0 Å². The van der Waals surface area contributed by atoms with Gasteiger partial charge in [0.15, 0.2) is 11.5 Å². The number of rotatable bonds is 9. The summed E-state index contributed by atoms with van der Waals surface area (Å²) in [5.41, 5.74) is 0.474. The van der Waals surface area contributed by atoms with E-state index < -0.39 is 19.1 Å². The third-order valence-electron chi connectivity index (χ3n) is 6.80. The van der Waals surface area contributed by atoms with Crippen LogP contribution in [0.4, 0.5) is 5.69 Å². The van der Waals surface area contributed by atoms with Crippen LogP contribution in [0.5, 0.6) is 11.5 Å². The Morgan fingerprint density at radius 3 is 2.22 bits per heavy atom. The number of ether oxygens (including phenoxy) is 1. The lowest BCUT2D eigenvalue weighted by molar-refractivity contribution is -0.385. The molecule has 1 fully saturated rings. The van der Waals surface area contributed by atoms with Gasteiger partial charge >= 0.3 is 0 Å². The Bertz CT molecular complexity index is 805. The van der Waals surface area contributed by atoms with Crippen molar-refractivity contribution in [3.05, 3.63) is 27.8 Å². The first kappa shape index (κ1) is 26.1. The minimum absolute atomic E-state index is 0.0366. The second-order valence-electron chi connectivity index (χ2n) is 9.53. The quantitative estimate of drug-likeness (QED) is 0.307. The fraction of sp³-hybridized carbons (Fsp3) is 0.696. The molecule has 0 aromatic heterocycles. The molecule has 1 unspecified atom stereocenters. The third-order valence-corrected chi connectivity index (χ3v) is 12.8. The van der Waals surface area contributed by atoms with E-state index in [-0.39, 0.29) is 40.5 Å². The number of carbonyl (C=O) groups excluding carboxylic acids is 1. The average Bonchev–Trinajstić information content (AvgIpc) is 2.75. The van der Waals surface area contributed by atoms with Gasteiger partial charge in [-0.1, -0.05) is 41.5 Å². The van der Waals surface area contributed by atoms with E-state index in [2.05, 4.69) is 41.5 Å². The Hall–Kier alpha value is -2.13. The number of nitrogens with zero attached hydrogens (tertiary/aromatic N) is 2. The molecule has 32 heavy (non-hydrogen) atoms. The van der Waals surface area contributed by atoms with Crippen LogP contribution >= 0.6 is 0 Å². The van der Waals surface area contributed by atoms with Crippen LogP contribution in [0.15, 0.2) is 12.1 Å². The second kappa shape index (κ2) is 10.7. The number of benzene rings is 1. The lowest BCUT2D eigenvalue weighted by Crippen LogP contribution is -2.50. The molecule has 1 atom stereocenters. The minimum atomic E-state index is -2.40. The molecule has 2 rings (SSSR count). The summed E-state index contributed by atoms with van der Waals surface area (Å²) in [6, 6.07) is 2.44. The number of nitro groups is 1. The normalized spacial score (nSPS) is 17.2. The van der Waals surface area contributed by atoms with Crippen LogP contribution in [0.3, 0.4) is 0 Å². The Morgan fingerprint density at radius 1 is 1.16 bits per heavy atom. The SMILES string of the molecule is COc1cc(C(=O)N2CCCCC2CO)c([N+](=O)[O-])cc1O[Si](C(C)C)(C(C)C)C(C)C. The zero-order valence-electron chi connectivity index (χ0n) is 20.4. The standard InChI is InChI=1S/C23H38N2O6Si/c1-15(2)32(16(3)4,17(5)6)31-22-13-20(25(28)29)19(12-21(22)30-7)23(27)24-11-9-8-10-18(24)14-26/h12-13,15-18,26H,8-11,14H2,1-7H3. The summed E-state index contributed by atoms with van der Waals surface area (Å²) in [5.74, 6) is 0.173. The smallest absolute Gasteiger partial charge is 0.286 e. The molecule has 1 heterocycles. The molecule has 0 spiro atoms. The molecule has 1 N–H and O–H groups in total. The van der Waals surface area contributed by atoms with Crippen molar-refractivity contribution in [1.82, 2.24) is 4.90 Å². The number of likely N-dealkylation sites (tertiary alicyclic amines) is 1. The molecule has 1 aromatic rings. The molecule has 0 radical (unpaired) electrons. The van der Waals surface area contributed by atoms with Crippen molar-refractivity contribution >= 4 is 19.9 Å². The van der Waals surface area contributed by atoms with Crippen LogP contribution in [0, 0.1) is 10.1 Å². The first-order valence-electron chi connectivity index (χ1n) is 11.5. The number of nitro benzene ring substituents is 1. The zero-order valence-corrected chi connectivity index (χ0v) is 21.4. The Labute approximate surface area is 192 Å². The van der Waals surface area contributed by atoms with Crippen LogP contribution in [-0.4, -0.2) is 55.5 Å². The summed E-state index contributed by atoms with van der Waals surface area (Å²) < 4.78 is 12.2. The highest BCUT2D eigenvalue weighted by molar-refractivity contribution is 6.78. The summed E-state index contributed by atoms with van der Waals surface area (Å²) in [5, 5.41) is 21.7. The van der Waals surface area contributed by atoms with E-state index in [1.165, 1.54) is 19.2 Å². The zero-order chi connectivity index (χ0) is 24.2. The number of carbonyl (C=O) groups is 1. The second-order valence-corrected chi connectivity index (χ2v) is 14.9. The molecular formula is C23H38N2O6Si. The largest absolute Gasteiger partial charge is 0.540 e. The van der Waals surface area contributed by atoms with Gasteiger partial charge in [0.05, 0.1) is 30.7 Å². The molecule has 0 aliphatic carbocycles. The van der Waals surface area contributed by atoms with Gasteiger partial charge in [-0.3, -0.25) is 14.9 Å². The van der Waals surface area contributed by atoms with E-state index in [1.54, 1.807) is 4.90 Å². The Balaban J connectivity index is 2.60. The van der Waals surface area contributed by atoms with Gasteiger partial charge in [-0.25, -0.2) is 0 Å². The van der Waals surface area contributed by atoms with Crippen LogP contribution in [0.1, 0.15) is 71.2 Å². The number of hydrogen-bond acceptors (Lipinski definition) is 6. The average molecular weight is 467 g/mol. The van der Waals surface area contributed by atoms with Crippen molar-refractivity contribution in [2.45, 2.75) is 83.5 Å². The van der Waals surface area contributed by atoms with Crippen molar-refractivity contribution in [3.63, 3.8) is 0 Å². The number of aliphatic hydroxyl groups is 1. The van der Waals surface area contributed by atoms with Gasteiger partial charge < -0.3 is 19.2 Å². The van der Waals surface area contributed by atoms with Crippen molar-refractivity contribution in [2.24, 2.45) is 0 Å². The molecule has 0 bridgehead atoms. The van der Waals surface area contributed by atoms with Crippen LogP contribution < -0.4 is 9.16 Å². The summed E-state index contributed by atoms with van der Waals surface area (Å²) in [6.07, 6.45) is 2.40. The topological polar surface area (TPSA) is 102 Å².